The predicted molar refractivity (Wildman–Crippen MR) is 252 cm³/mol. The van der Waals surface area contributed by atoms with Crippen molar-refractivity contribution in [3.05, 3.63) is 24.3 Å². The Bertz CT molecular complexity index is 1070. The van der Waals surface area contributed by atoms with Gasteiger partial charge in [-0.15, -0.1) is 0 Å². The van der Waals surface area contributed by atoms with Crippen LogP contribution in [0, 0.1) is 0 Å². The second-order valence-corrected chi connectivity index (χ2v) is 18.6. The summed E-state index contributed by atoms with van der Waals surface area (Å²) in [5, 5.41) is 18.4. The first-order valence-corrected chi connectivity index (χ1v) is 26.8. The largest absolute Gasteiger partial charge is 0.472 e. The zero-order valence-electron chi connectivity index (χ0n) is 39.4. The van der Waals surface area contributed by atoms with Gasteiger partial charge < -0.3 is 24.6 Å². The van der Waals surface area contributed by atoms with Gasteiger partial charge in [-0.2, -0.15) is 0 Å². The maximum absolute atomic E-state index is 12.7. The molecule has 0 amide bonds. The summed E-state index contributed by atoms with van der Waals surface area (Å²) in [6, 6.07) is 0. The van der Waals surface area contributed by atoms with Gasteiger partial charge in [0.1, 0.15) is 12.7 Å². The van der Waals surface area contributed by atoms with Crippen LogP contribution >= 0.6 is 7.82 Å². The molecule has 0 aromatic heterocycles. The summed E-state index contributed by atoms with van der Waals surface area (Å²) in [5.41, 5.74) is 0. The fraction of sp³-hybridized carbons (Fsp3) is 0.880. The van der Waals surface area contributed by atoms with Crippen molar-refractivity contribution in [1.82, 2.24) is 0 Å². The Hall–Kier alpha value is -1.55. The molecule has 61 heavy (non-hydrogen) atoms. The first-order chi connectivity index (χ1) is 29.7. The molecule has 3 N–H and O–H groups in total. The van der Waals surface area contributed by atoms with Gasteiger partial charge in [-0.1, -0.05) is 199 Å². The molecular formula is C50H95O10P. The number of aliphatic hydroxyl groups excluding tert-OH is 2. The molecule has 11 heteroatoms. The van der Waals surface area contributed by atoms with Crippen LogP contribution in [0.25, 0.3) is 0 Å². The van der Waals surface area contributed by atoms with Crippen LogP contribution < -0.4 is 0 Å². The topological polar surface area (TPSA) is 149 Å². The van der Waals surface area contributed by atoms with E-state index in [4.69, 9.17) is 23.6 Å². The molecule has 0 rings (SSSR count). The van der Waals surface area contributed by atoms with Gasteiger partial charge >= 0.3 is 19.8 Å². The van der Waals surface area contributed by atoms with E-state index >= 15 is 0 Å². The summed E-state index contributed by atoms with van der Waals surface area (Å²) >= 11 is 0. The highest BCUT2D eigenvalue weighted by Gasteiger charge is 2.27. The summed E-state index contributed by atoms with van der Waals surface area (Å²) in [4.78, 5) is 35.1. The van der Waals surface area contributed by atoms with E-state index in [0.29, 0.717) is 12.8 Å². The average molecular weight is 887 g/mol. The van der Waals surface area contributed by atoms with Crippen LogP contribution in [0.15, 0.2) is 24.3 Å². The predicted octanol–water partition coefficient (Wildman–Crippen LogP) is 14.1. The number of ether oxygens (including phenoxy) is 2. The lowest BCUT2D eigenvalue weighted by Gasteiger charge is -2.20. The van der Waals surface area contributed by atoms with Crippen LogP contribution in [0.2, 0.25) is 0 Å². The number of phosphoric acid groups is 1. The Morgan fingerprint density at radius 2 is 0.820 bits per heavy atom. The van der Waals surface area contributed by atoms with Crippen molar-refractivity contribution in [1.29, 1.82) is 0 Å². The first kappa shape index (κ1) is 59.5. The second-order valence-electron chi connectivity index (χ2n) is 17.2. The Labute approximate surface area is 374 Å². The molecule has 0 spiro atoms. The van der Waals surface area contributed by atoms with E-state index in [9.17, 15) is 24.2 Å². The van der Waals surface area contributed by atoms with Crippen molar-refractivity contribution < 1.29 is 47.8 Å². The van der Waals surface area contributed by atoms with E-state index in [0.717, 1.165) is 38.5 Å². The number of unbranched alkanes of at least 4 members (excludes halogenated alkanes) is 30. The van der Waals surface area contributed by atoms with E-state index in [1.165, 1.54) is 167 Å². The second kappa shape index (κ2) is 46.4. The smallest absolute Gasteiger partial charge is 0.462 e. The SMILES string of the molecule is CCCCCC/C=C/CCCCCCCCCC(=O)OC[C@H](COP(=O)(O)OC[C@@H](O)CO)OC(=O)CCC/C=C/CCCCCCCCCCCCCCCCCCCC. The molecule has 10 nitrogen and oxygen atoms in total. The highest BCUT2D eigenvalue weighted by molar-refractivity contribution is 7.47. The van der Waals surface area contributed by atoms with Crippen LogP contribution in [-0.2, 0) is 32.7 Å². The number of allylic oxidation sites excluding steroid dienone is 4. The molecule has 360 valence electrons. The summed E-state index contributed by atoms with van der Waals surface area (Å²) in [6.45, 7) is 2.38. The molecule has 0 saturated carbocycles. The van der Waals surface area contributed by atoms with Gasteiger partial charge in [-0.25, -0.2) is 4.57 Å². The molecule has 0 fully saturated rings. The molecule has 3 atom stereocenters. The molecule has 0 aromatic carbocycles. The summed E-state index contributed by atoms with van der Waals surface area (Å²) in [6.07, 6.45) is 48.7. The summed E-state index contributed by atoms with van der Waals surface area (Å²) < 4.78 is 32.8. The molecule has 0 saturated heterocycles. The number of phosphoric ester groups is 1. The van der Waals surface area contributed by atoms with Crippen molar-refractivity contribution in [3.8, 4) is 0 Å². The third-order valence-corrected chi connectivity index (χ3v) is 12.0. The monoisotopic (exact) mass is 887 g/mol. The summed E-state index contributed by atoms with van der Waals surface area (Å²) in [5.74, 6) is -0.957. The Balaban J connectivity index is 4.18. The quantitative estimate of drug-likeness (QED) is 0.0233. The van der Waals surface area contributed by atoms with Gasteiger partial charge in [0.15, 0.2) is 6.10 Å². The average Bonchev–Trinajstić information content (AvgIpc) is 3.25. The van der Waals surface area contributed by atoms with E-state index in [1.54, 1.807) is 0 Å². The first-order valence-electron chi connectivity index (χ1n) is 25.3. The molecule has 0 aliphatic carbocycles. The van der Waals surface area contributed by atoms with E-state index in [-0.39, 0.29) is 19.4 Å². The zero-order chi connectivity index (χ0) is 44.8. The minimum atomic E-state index is -4.63. The fourth-order valence-corrected chi connectivity index (χ4v) is 7.96. The fourth-order valence-electron chi connectivity index (χ4n) is 7.17. The lowest BCUT2D eigenvalue weighted by atomic mass is 10.0. The highest BCUT2D eigenvalue weighted by Crippen LogP contribution is 2.43. The number of hydrogen-bond acceptors (Lipinski definition) is 9. The van der Waals surface area contributed by atoms with Crippen molar-refractivity contribution in [2.24, 2.45) is 0 Å². The molecular weight excluding hydrogens is 792 g/mol. The maximum Gasteiger partial charge on any atom is 0.472 e. The lowest BCUT2D eigenvalue weighted by molar-refractivity contribution is -0.161. The van der Waals surface area contributed by atoms with E-state index < -0.39 is 51.8 Å². The third-order valence-electron chi connectivity index (χ3n) is 11.1. The van der Waals surface area contributed by atoms with Crippen LogP contribution in [0.5, 0.6) is 0 Å². The van der Waals surface area contributed by atoms with E-state index in [2.05, 4.69) is 38.2 Å². The Morgan fingerprint density at radius 3 is 1.25 bits per heavy atom. The number of rotatable bonds is 48. The Morgan fingerprint density at radius 1 is 0.475 bits per heavy atom. The maximum atomic E-state index is 12.7. The molecule has 0 bridgehead atoms. The van der Waals surface area contributed by atoms with Gasteiger partial charge in [0.25, 0.3) is 0 Å². The normalized spacial score (nSPS) is 13.9. The highest BCUT2D eigenvalue weighted by atomic mass is 31.2. The zero-order valence-corrected chi connectivity index (χ0v) is 40.3. The Kier molecular flexibility index (Phi) is 45.3. The molecule has 0 aliphatic rings. The van der Waals surface area contributed by atoms with Crippen molar-refractivity contribution in [2.45, 2.75) is 257 Å². The van der Waals surface area contributed by atoms with E-state index in [1.807, 2.05) is 0 Å². The minimum absolute atomic E-state index is 0.139. The van der Waals surface area contributed by atoms with Gasteiger partial charge in [0, 0.05) is 12.8 Å². The number of carbonyl (C=O) groups is 2. The van der Waals surface area contributed by atoms with Crippen molar-refractivity contribution in [3.63, 3.8) is 0 Å². The number of hydrogen-bond donors (Lipinski definition) is 3. The number of carbonyl (C=O) groups excluding carboxylic acids is 2. The van der Waals surface area contributed by atoms with Gasteiger partial charge in [0.2, 0.25) is 0 Å². The van der Waals surface area contributed by atoms with Crippen molar-refractivity contribution in [2.75, 3.05) is 26.4 Å². The molecule has 1 unspecified atom stereocenters. The minimum Gasteiger partial charge on any atom is -0.462 e. The van der Waals surface area contributed by atoms with Crippen LogP contribution in [-0.4, -0.2) is 65.7 Å². The van der Waals surface area contributed by atoms with Gasteiger partial charge in [0.05, 0.1) is 19.8 Å². The van der Waals surface area contributed by atoms with Gasteiger partial charge in [-0.05, 0) is 57.8 Å². The number of esters is 2. The number of aliphatic hydroxyl groups is 2. The van der Waals surface area contributed by atoms with Crippen LogP contribution in [0.1, 0.15) is 245 Å². The van der Waals surface area contributed by atoms with Crippen LogP contribution in [0.4, 0.5) is 0 Å². The van der Waals surface area contributed by atoms with Crippen LogP contribution in [0.3, 0.4) is 0 Å². The lowest BCUT2D eigenvalue weighted by Crippen LogP contribution is -2.29. The summed E-state index contributed by atoms with van der Waals surface area (Å²) in [7, 11) is -4.63. The molecule has 0 radical (unpaired) electrons. The third kappa shape index (κ3) is 46.3. The molecule has 0 heterocycles. The molecule has 0 aromatic rings. The standard InChI is InChI=1S/C50H95O10P/c1-3-5-7-9-11-13-15-17-19-20-21-22-23-24-25-26-28-30-32-34-36-38-40-42-50(54)60-48(46-59-61(55,56)58-44-47(52)43-51)45-57-49(53)41-39-37-35-33-31-29-27-18-16-14-12-10-8-6-4-2/h14,16,34,36,47-48,51-52H,3-13,15,17-33,35,37-46H2,1-2H3,(H,55,56)/b16-14+,36-34+/t47-,48+/m0/s1. The van der Waals surface area contributed by atoms with Gasteiger partial charge in [-0.3, -0.25) is 18.6 Å². The molecule has 0 aliphatic heterocycles. The van der Waals surface area contributed by atoms with Crippen molar-refractivity contribution >= 4 is 19.8 Å².